The van der Waals surface area contributed by atoms with Gasteiger partial charge in [-0.25, -0.2) is 0 Å². The van der Waals surface area contributed by atoms with Gasteiger partial charge in [-0.05, 0) is 13.3 Å². The molecule has 2 heterocycles. The minimum Gasteiger partial charge on any atom is -0.369 e. The largest absolute Gasteiger partial charge is 0.369 e. The fourth-order valence-corrected chi connectivity index (χ4v) is 2.32. The molecular formula is C14H24N4O3. The van der Waals surface area contributed by atoms with Crippen molar-refractivity contribution in [2.75, 3.05) is 26.3 Å². The highest BCUT2D eigenvalue weighted by Crippen LogP contribution is 2.20. The molecule has 0 radical (unpaired) electrons. The molecule has 2 rings (SSSR count). The van der Waals surface area contributed by atoms with E-state index in [9.17, 15) is 4.79 Å². The topological polar surface area (TPSA) is 69.5 Å². The number of morpholine rings is 1. The van der Waals surface area contributed by atoms with Crippen LogP contribution < -0.4 is 0 Å². The maximum atomic E-state index is 12.4. The number of unbranched alkanes of at least 4 members (excludes halogenated alkanes) is 1. The van der Waals surface area contributed by atoms with Gasteiger partial charge < -0.3 is 18.9 Å². The lowest BCUT2D eigenvalue weighted by Gasteiger charge is -2.33. The molecule has 1 aromatic heterocycles. The zero-order valence-electron chi connectivity index (χ0n) is 13.0. The van der Waals surface area contributed by atoms with Crippen LogP contribution in [0.15, 0.2) is 6.33 Å². The number of ether oxygens (including phenoxy) is 2. The van der Waals surface area contributed by atoms with Gasteiger partial charge in [0, 0.05) is 20.2 Å². The third-order valence-electron chi connectivity index (χ3n) is 3.63. The summed E-state index contributed by atoms with van der Waals surface area (Å²) < 4.78 is 13.1. The predicted octanol–water partition coefficient (Wildman–Crippen LogP) is 0.920. The van der Waals surface area contributed by atoms with Crippen molar-refractivity contribution < 1.29 is 14.3 Å². The van der Waals surface area contributed by atoms with Gasteiger partial charge in [-0.15, -0.1) is 10.2 Å². The maximum Gasteiger partial charge on any atom is 0.251 e. The molecule has 21 heavy (non-hydrogen) atoms. The fraction of sp³-hybridized carbons (Fsp3) is 0.786. The molecule has 0 aromatic carbocycles. The molecule has 1 aliphatic heterocycles. The van der Waals surface area contributed by atoms with Crippen LogP contribution >= 0.6 is 0 Å². The number of carbonyl (C=O) groups is 1. The Hall–Kier alpha value is -1.47. The smallest absolute Gasteiger partial charge is 0.251 e. The van der Waals surface area contributed by atoms with Gasteiger partial charge in [0.15, 0.2) is 5.82 Å². The summed E-state index contributed by atoms with van der Waals surface area (Å²) in [5, 5.41) is 7.91. The molecule has 7 nitrogen and oxygen atoms in total. The molecular weight excluding hydrogens is 272 g/mol. The van der Waals surface area contributed by atoms with E-state index in [4.69, 9.17) is 9.47 Å². The van der Waals surface area contributed by atoms with Crippen LogP contribution in [-0.2, 0) is 21.3 Å². The van der Waals surface area contributed by atoms with E-state index in [-0.39, 0.29) is 12.0 Å². The zero-order chi connectivity index (χ0) is 15.2. The highest BCUT2D eigenvalue weighted by atomic mass is 16.5. The Morgan fingerprint density at radius 2 is 2.43 bits per heavy atom. The number of amides is 1. The van der Waals surface area contributed by atoms with Crippen molar-refractivity contribution in [3.63, 3.8) is 0 Å². The highest BCUT2D eigenvalue weighted by Gasteiger charge is 2.30. The minimum atomic E-state index is -0.408. The monoisotopic (exact) mass is 296 g/mol. The molecule has 0 aliphatic carbocycles. The molecule has 0 spiro atoms. The van der Waals surface area contributed by atoms with E-state index in [1.54, 1.807) is 11.2 Å². The Bertz CT molecular complexity index is 463. The first-order valence-electron chi connectivity index (χ1n) is 7.49. The number of carbonyl (C=O) groups excluding carboxylic acids is 1. The Morgan fingerprint density at radius 3 is 3.10 bits per heavy atom. The second-order valence-corrected chi connectivity index (χ2v) is 5.31. The first-order valence-corrected chi connectivity index (χ1v) is 7.49. The van der Waals surface area contributed by atoms with Gasteiger partial charge in [0.1, 0.15) is 18.5 Å². The van der Waals surface area contributed by atoms with Crippen LogP contribution in [-0.4, -0.2) is 58.0 Å². The lowest BCUT2D eigenvalue weighted by molar-refractivity contribution is -0.150. The van der Waals surface area contributed by atoms with Gasteiger partial charge in [0.25, 0.3) is 5.91 Å². The van der Waals surface area contributed by atoms with E-state index in [2.05, 4.69) is 17.1 Å². The van der Waals surface area contributed by atoms with Crippen LogP contribution in [0.1, 0.15) is 38.6 Å². The van der Waals surface area contributed by atoms with E-state index >= 15 is 0 Å². The minimum absolute atomic E-state index is 0.0153. The summed E-state index contributed by atoms with van der Waals surface area (Å²) in [7, 11) is 1.87. The summed E-state index contributed by atoms with van der Waals surface area (Å²) >= 11 is 0. The van der Waals surface area contributed by atoms with E-state index in [1.165, 1.54) is 0 Å². The van der Waals surface area contributed by atoms with Gasteiger partial charge >= 0.3 is 0 Å². The molecule has 0 bridgehead atoms. The number of hydrogen-bond donors (Lipinski definition) is 0. The second-order valence-electron chi connectivity index (χ2n) is 5.31. The van der Waals surface area contributed by atoms with Crippen LogP contribution in [0.4, 0.5) is 0 Å². The second kappa shape index (κ2) is 7.51. The van der Waals surface area contributed by atoms with Crippen LogP contribution in [0.2, 0.25) is 0 Å². The van der Waals surface area contributed by atoms with Crippen molar-refractivity contribution >= 4 is 5.91 Å². The molecule has 1 amide bonds. The first-order chi connectivity index (χ1) is 10.1. The molecule has 0 N–H and O–H groups in total. The quantitative estimate of drug-likeness (QED) is 0.730. The van der Waals surface area contributed by atoms with Crippen molar-refractivity contribution in [3.05, 3.63) is 12.2 Å². The van der Waals surface area contributed by atoms with E-state index in [0.717, 1.165) is 18.7 Å². The van der Waals surface area contributed by atoms with Crippen LogP contribution in [0.25, 0.3) is 0 Å². The van der Waals surface area contributed by atoms with Crippen molar-refractivity contribution in [2.45, 2.75) is 38.9 Å². The van der Waals surface area contributed by atoms with Gasteiger partial charge in [-0.1, -0.05) is 13.3 Å². The highest BCUT2D eigenvalue weighted by molar-refractivity contribution is 5.80. The molecule has 2 atom stereocenters. The molecule has 0 saturated carbocycles. The van der Waals surface area contributed by atoms with E-state index in [1.807, 2.05) is 18.5 Å². The van der Waals surface area contributed by atoms with Gasteiger partial charge in [-0.3, -0.25) is 4.79 Å². The summed E-state index contributed by atoms with van der Waals surface area (Å²) in [4.78, 5) is 14.2. The average Bonchev–Trinajstić information content (AvgIpc) is 2.93. The Balaban J connectivity index is 1.91. The molecule has 1 fully saturated rings. The lowest BCUT2D eigenvalue weighted by atomic mass is 10.2. The normalized spacial score (nSPS) is 20.5. The Labute approximate surface area is 125 Å². The number of nitrogens with zero attached hydrogens (tertiary/aromatic N) is 4. The van der Waals surface area contributed by atoms with Crippen molar-refractivity contribution in [3.8, 4) is 0 Å². The maximum absolute atomic E-state index is 12.4. The number of rotatable bonds is 6. The summed E-state index contributed by atoms with van der Waals surface area (Å²) in [5.74, 6) is 0.758. The molecule has 1 aliphatic rings. The Kier molecular flexibility index (Phi) is 5.69. The van der Waals surface area contributed by atoms with Gasteiger partial charge in [-0.2, -0.15) is 0 Å². The molecule has 1 aromatic rings. The first kappa shape index (κ1) is 15.9. The summed E-state index contributed by atoms with van der Waals surface area (Å²) in [6.07, 6.45) is 3.04. The van der Waals surface area contributed by atoms with Gasteiger partial charge in [0.05, 0.1) is 13.2 Å². The molecule has 2 unspecified atom stereocenters. The van der Waals surface area contributed by atoms with Gasteiger partial charge in [0.2, 0.25) is 0 Å². The standard InChI is InChI=1S/C14H24N4O3/c1-4-5-7-20-11(2)14(19)18-6-8-21-12(9-18)13-16-15-10-17(13)3/h10-12H,4-9H2,1-3H3. The van der Waals surface area contributed by atoms with E-state index in [0.29, 0.717) is 26.3 Å². The third-order valence-corrected chi connectivity index (χ3v) is 3.63. The number of aromatic nitrogens is 3. The average molecular weight is 296 g/mol. The predicted molar refractivity (Wildman–Crippen MR) is 76.6 cm³/mol. The lowest BCUT2D eigenvalue weighted by Crippen LogP contribution is -2.47. The fourth-order valence-electron chi connectivity index (χ4n) is 2.32. The van der Waals surface area contributed by atoms with Crippen molar-refractivity contribution in [1.29, 1.82) is 0 Å². The zero-order valence-corrected chi connectivity index (χ0v) is 13.0. The number of hydrogen-bond acceptors (Lipinski definition) is 5. The van der Waals surface area contributed by atoms with Crippen LogP contribution in [0.5, 0.6) is 0 Å². The van der Waals surface area contributed by atoms with Crippen LogP contribution in [0.3, 0.4) is 0 Å². The summed E-state index contributed by atoms with van der Waals surface area (Å²) in [6.45, 7) is 6.13. The summed E-state index contributed by atoms with van der Waals surface area (Å²) in [5.41, 5.74) is 0. The van der Waals surface area contributed by atoms with Crippen molar-refractivity contribution in [1.82, 2.24) is 19.7 Å². The van der Waals surface area contributed by atoms with E-state index < -0.39 is 6.10 Å². The van der Waals surface area contributed by atoms with Crippen LogP contribution in [0, 0.1) is 0 Å². The molecule has 1 saturated heterocycles. The molecule has 118 valence electrons. The Morgan fingerprint density at radius 1 is 1.62 bits per heavy atom. The number of aryl methyl sites for hydroxylation is 1. The molecule has 7 heteroatoms. The summed E-state index contributed by atoms with van der Waals surface area (Å²) in [6, 6.07) is 0. The van der Waals surface area contributed by atoms with Crippen molar-refractivity contribution in [2.24, 2.45) is 7.05 Å². The third kappa shape index (κ3) is 4.01. The SMILES string of the molecule is CCCCOC(C)C(=O)N1CCOC(c2nncn2C)C1.